The molecule has 0 aliphatic rings. The zero-order valence-corrected chi connectivity index (χ0v) is 12.8. The zero-order valence-electron chi connectivity index (χ0n) is 10.4. The second kappa shape index (κ2) is 6.38. The van der Waals surface area contributed by atoms with E-state index < -0.39 is 5.82 Å². The largest absolute Gasteiger partial charge is 0.374 e. The molecule has 0 aliphatic carbocycles. The lowest BCUT2D eigenvalue weighted by molar-refractivity contribution is -0.129. The van der Waals surface area contributed by atoms with Crippen molar-refractivity contribution in [3.05, 3.63) is 27.4 Å². The monoisotopic (exact) mass is 336 g/mol. The third kappa shape index (κ3) is 3.85. The van der Waals surface area contributed by atoms with Gasteiger partial charge in [0.25, 0.3) is 0 Å². The molecule has 0 aromatic heterocycles. The minimum atomic E-state index is -0.428. The van der Waals surface area contributed by atoms with Gasteiger partial charge in [-0.05, 0) is 41.9 Å². The Morgan fingerprint density at radius 3 is 2.67 bits per heavy atom. The van der Waals surface area contributed by atoms with Crippen LogP contribution in [-0.4, -0.2) is 30.4 Å². The van der Waals surface area contributed by atoms with Gasteiger partial charge in [0.1, 0.15) is 5.82 Å². The van der Waals surface area contributed by atoms with Crippen LogP contribution in [0.5, 0.6) is 0 Å². The van der Waals surface area contributed by atoms with Crippen LogP contribution in [0.3, 0.4) is 0 Å². The number of likely N-dealkylation sites (N-methyl/N-ethyl adjacent to an activating group) is 1. The molecule has 1 N–H and O–H groups in total. The summed E-state index contributed by atoms with van der Waals surface area (Å²) in [7, 11) is 1.73. The van der Waals surface area contributed by atoms with Crippen molar-refractivity contribution in [2.24, 2.45) is 0 Å². The molecular weight excluding hydrogens is 322 g/mol. The average Bonchev–Trinajstić information content (AvgIpc) is 2.25. The quantitative estimate of drug-likeness (QED) is 0.912. The molecule has 18 heavy (non-hydrogen) atoms. The van der Waals surface area contributed by atoms with E-state index in [0.29, 0.717) is 10.2 Å². The Balaban J connectivity index is 2.73. The summed E-state index contributed by atoms with van der Waals surface area (Å²) in [6, 6.07) is 2.63. The van der Waals surface area contributed by atoms with Gasteiger partial charge in [0.2, 0.25) is 5.91 Å². The van der Waals surface area contributed by atoms with Gasteiger partial charge < -0.3 is 10.2 Å². The van der Waals surface area contributed by atoms with E-state index in [1.54, 1.807) is 11.9 Å². The third-order valence-electron chi connectivity index (χ3n) is 2.59. The summed E-state index contributed by atoms with van der Waals surface area (Å²) in [4.78, 5) is 13.4. The Morgan fingerprint density at radius 2 is 2.17 bits per heavy atom. The molecule has 1 amide bonds. The molecule has 0 bridgehead atoms. The molecule has 1 rings (SSSR count). The number of nitrogens with zero attached hydrogens (tertiary/aromatic N) is 1. The number of benzene rings is 1. The average molecular weight is 338 g/mol. The first-order valence-electron chi connectivity index (χ1n) is 5.47. The fourth-order valence-corrected chi connectivity index (χ4v) is 2.25. The Labute approximate surface area is 119 Å². The van der Waals surface area contributed by atoms with Gasteiger partial charge in [-0.15, -0.1) is 0 Å². The lowest BCUT2D eigenvalue weighted by Crippen LogP contribution is -2.37. The third-order valence-corrected chi connectivity index (χ3v) is 3.51. The van der Waals surface area contributed by atoms with Gasteiger partial charge in [-0.2, -0.15) is 0 Å². The second-order valence-corrected chi connectivity index (χ2v) is 5.46. The van der Waals surface area contributed by atoms with Gasteiger partial charge in [-0.1, -0.05) is 11.6 Å². The van der Waals surface area contributed by atoms with Crippen LogP contribution in [0.1, 0.15) is 13.8 Å². The van der Waals surface area contributed by atoms with Crippen LogP contribution >= 0.6 is 27.5 Å². The molecule has 0 heterocycles. The Bertz CT molecular complexity index is 431. The number of rotatable bonds is 4. The van der Waals surface area contributed by atoms with Crippen molar-refractivity contribution in [3.63, 3.8) is 0 Å². The number of carbonyl (C=O) groups excluding carboxylic acids is 1. The van der Waals surface area contributed by atoms with Crippen molar-refractivity contribution in [2.75, 3.05) is 18.9 Å². The van der Waals surface area contributed by atoms with Gasteiger partial charge in [0, 0.05) is 17.6 Å². The van der Waals surface area contributed by atoms with Crippen molar-refractivity contribution in [1.29, 1.82) is 0 Å². The smallest absolute Gasteiger partial charge is 0.241 e. The number of amides is 1. The summed E-state index contributed by atoms with van der Waals surface area (Å²) in [5.74, 6) is -0.486. The molecule has 0 saturated heterocycles. The molecule has 0 fully saturated rings. The first-order chi connectivity index (χ1) is 8.32. The van der Waals surface area contributed by atoms with E-state index in [1.165, 1.54) is 12.1 Å². The van der Waals surface area contributed by atoms with Crippen LogP contribution in [0.25, 0.3) is 0 Å². The van der Waals surface area contributed by atoms with E-state index in [9.17, 15) is 9.18 Å². The predicted molar refractivity (Wildman–Crippen MR) is 75.5 cm³/mol. The van der Waals surface area contributed by atoms with Gasteiger partial charge in [0.05, 0.1) is 17.3 Å². The molecule has 0 atom stereocenters. The molecular formula is C12H15BrClFN2O. The highest BCUT2D eigenvalue weighted by Gasteiger charge is 2.13. The van der Waals surface area contributed by atoms with Gasteiger partial charge >= 0.3 is 0 Å². The molecule has 1 aromatic carbocycles. The fourth-order valence-electron chi connectivity index (χ4n) is 1.29. The van der Waals surface area contributed by atoms with Crippen LogP contribution < -0.4 is 5.32 Å². The summed E-state index contributed by atoms with van der Waals surface area (Å²) in [6.07, 6.45) is 0. The number of carbonyl (C=O) groups is 1. The summed E-state index contributed by atoms with van der Waals surface area (Å²) >= 11 is 9.11. The second-order valence-electron chi connectivity index (χ2n) is 4.20. The Morgan fingerprint density at radius 1 is 1.56 bits per heavy atom. The SMILES string of the molecule is CC(C)N(C)C(=O)CNc1c(Cl)cc(F)cc1Br. The number of nitrogens with one attached hydrogen (secondary N) is 1. The van der Waals surface area contributed by atoms with Crippen molar-refractivity contribution in [3.8, 4) is 0 Å². The van der Waals surface area contributed by atoms with Crippen LogP contribution in [0.4, 0.5) is 10.1 Å². The van der Waals surface area contributed by atoms with Gasteiger partial charge in [-0.25, -0.2) is 4.39 Å². The van der Waals surface area contributed by atoms with Gasteiger partial charge in [0.15, 0.2) is 0 Å². The van der Waals surface area contributed by atoms with Gasteiger partial charge in [-0.3, -0.25) is 4.79 Å². The molecule has 3 nitrogen and oxygen atoms in total. The summed E-state index contributed by atoms with van der Waals surface area (Å²) in [5, 5.41) is 3.15. The lowest BCUT2D eigenvalue weighted by atomic mass is 10.3. The maximum atomic E-state index is 13.0. The minimum Gasteiger partial charge on any atom is -0.374 e. The summed E-state index contributed by atoms with van der Waals surface area (Å²) in [5.41, 5.74) is 0.517. The standard InChI is InChI=1S/C12H15BrClFN2O/c1-7(2)17(3)11(18)6-16-12-9(13)4-8(15)5-10(12)14/h4-5,7,16H,6H2,1-3H3. The molecule has 0 radical (unpaired) electrons. The number of anilines is 1. The van der Waals surface area contributed by atoms with Crippen LogP contribution in [0, 0.1) is 5.82 Å². The van der Waals surface area contributed by atoms with Crippen molar-refractivity contribution in [1.82, 2.24) is 4.90 Å². The van der Waals surface area contributed by atoms with E-state index >= 15 is 0 Å². The minimum absolute atomic E-state index is 0.0581. The number of halogens is 3. The molecule has 0 aliphatic heterocycles. The highest BCUT2D eigenvalue weighted by atomic mass is 79.9. The molecule has 0 spiro atoms. The van der Waals surface area contributed by atoms with Crippen molar-refractivity contribution < 1.29 is 9.18 Å². The predicted octanol–water partition coefficient (Wildman–Crippen LogP) is 3.52. The number of hydrogen-bond donors (Lipinski definition) is 1. The highest BCUT2D eigenvalue weighted by molar-refractivity contribution is 9.10. The van der Waals surface area contributed by atoms with Crippen LogP contribution in [0.2, 0.25) is 5.02 Å². The summed E-state index contributed by atoms with van der Waals surface area (Å²) in [6.45, 7) is 3.97. The van der Waals surface area contributed by atoms with E-state index in [-0.39, 0.29) is 23.5 Å². The molecule has 100 valence electrons. The maximum Gasteiger partial charge on any atom is 0.241 e. The van der Waals surface area contributed by atoms with Crippen LogP contribution in [0.15, 0.2) is 16.6 Å². The normalized spacial score (nSPS) is 10.6. The van der Waals surface area contributed by atoms with E-state index in [1.807, 2.05) is 13.8 Å². The summed E-state index contributed by atoms with van der Waals surface area (Å²) < 4.78 is 13.5. The molecule has 1 aromatic rings. The molecule has 0 unspecified atom stereocenters. The number of hydrogen-bond acceptors (Lipinski definition) is 2. The zero-order chi connectivity index (χ0) is 13.9. The topological polar surface area (TPSA) is 32.3 Å². The van der Waals surface area contributed by atoms with Crippen molar-refractivity contribution in [2.45, 2.75) is 19.9 Å². The van der Waals surface area contributed by atoms with Crippen molar-refractivity contribution >= 4 is 39.1 Å². The maximum absolute atomic E-state index is 13.0. The highest BCUT2D eigenvalue weighted by Crippen LogP contribution is 2.31. The first kappa shape index (κ1) is 15.2. The van der Waals surface area contributed by atoms with E-state index in [4.69, 9.17) is 11.6 Å². The fraction of sp³-hybridized carbons (Fsp3) is 0.417. The van der Waals surface area contributed by atoms with E-state index in [0.717, 1.165) is 0 Å². The molecule has 0 saturated carbocycles. The Kier molecular flexibility index (Phi) is 5.41. The van der Waals surface area contributed by atoms with Crippen LogP contribution in [-0.2, 0) is 4.79 Å². The Hall–Kier alpha value is -0.810. The first-order valence-corrected chi connectivity index (χ1v) is 6.64. The molecule has 6 heteroatoms. The van der Waals surface area contributed by atoms with E-state index in [2.05, 4.69) is 21.2 Å². The lowest BCUT2D eigenvalue weighted by Gasteiger charge is -2.22.